The molecule has 0 spiro atoms. The average Bonchev–Trinajstić information content (AvgIpc) is 1.92. The molecule has 0 aliphatic rings. The molecule has 0 radical (unpaired) electrons. The SMILES string of the molecule is CS(=O)(=O)c1cccc(O)c1Cl. The Kier molecular flexibility index (Phi) is 2.30. The molecule has 0 aliphatic carbocycles. The highest BCUT2D eigenvalue weighted by atomic mass is 35.5. The second-order valence-electron chi connectivity index (χ2n) is 2.36. The third-order valence-corrected chi connectivity index (χ3v) is 2.99. The Labute approximate surface area is 75.5 Å². The summed E-state index contributed by atoms with van der Waals surface area (Å²) in [5.74, 6) is -0.223. The molecule has 0 amide bonds. The molecule has 5 heteroatoms. The Hall–Kier alpha value is -0.740. The second kappa shape index (κ2) is 2.95. The van der Waals surface area contributed by atoms with Crippen molar-refractivity contribution in [2.75, 3.05) is 6.26 Å². The number of hydrogen-bond acceptors (Lipinski definition) is 3. The quantitative estimate of drug-likeness (QED) is 0.757. The molecule has 0 saturated carbocycles. The molecule has 12 heavy (non-hydrogen) atoms. The monoisotopic (exact) mass is 206 g/mol. The molecule has 0 aliphatic heterocycles. The molecule has 0 fully saturated rings. The van der Waals surface area contributed by atoms with E-state index < -0.39 is 9.84 Å². The topological polar surface area (TPSA) is 54.4 Å². The Balaban J connectivity index is 3.47. The number of benzene rings is 1. The summed E-state index contributed by atoms with van der Waals surface area (Å²) in [6.45, 7) is 0. The van der Waals surface area contributed by atoms with E-state index in [2.05, 4.69) is 0 Å². The van der Waals surface area contributed by atoms with Gasteiger partial charge >= 0.3 is 0 Å². The van der Waals surface area contributed by atoms with Crippen molar-refractivity contribution in [3.63, 3.8) is 0 Å². The number of sulfone groups is 1. The molecule has 66 valence electrons. The van der Waals surface area contributed by atoms with Crippen LogP contribution in [-0.4, -0.2) is 19.8 Å². The Bertz CT molecular complexity index is 397. The normalized spacial score (nSPS) is 11.5. The summed E-state index contributed by atoms with van der Waals surface area (Å²) >= 11 is 5.55. The Morgan fingerprint density at radius 3 is 2.42 bits per heavy atom. The third kappa shape index (κ3) is 1.70. The lowest BCUT2D eigenvalue weighted by molar-refractivity contribution is 0.473. The molecular formula is C7H7ClO3S. The highest BCUT2D eigenvalue weighted by Gasteiger charge is 2.13. The van der Waals surface area contributed by atoms with Gasteiger partial charge in [-0.3, -0.25) is 0 Å². The van der Waals surface area contributed by atoms with Crippen molar-refractivity contribution in [1.82, 2.24) is 0 Å². The minimum atomic E-state index is -3.35. The van der Waals surface area contributed by atoms with Gasteiger partial charge in [-0.15, -0.1) is 0 Å². The van der Waals surface area contributed by atoms with E-state index >= 15 is 0 Å². The van der Waals surface area contributed by atoms with Crippen molar-refractivity contribution in [3.05, 3.63) is 23.2 Å². The maximum Gasteiger partial charge on any atom is 0.177 e. The summed E-state index contributed by atoms with van der Waals surface area (Å²) in [6.07, 6.45) is 1.04. The molecule has 1 rings (SSSR count). The van der Waals surface area contributed by atoms with E-state index in [1.54, 1.807) is 0 Å². The molecular weight excluding hydrogens is 200 g/mol. The van der Waals surface area contributed by atoms with Crippen LogP contribution in [0.5, 0.6) is 5.75 Å². The summed E-state index contributed by atoms with van der Waals surface area (Å²) in [4.78, 5) is -0.0517. The number of phenols is 1. The van der Waals surface area contributed by atoms with Gasteiger partial charge in [0.15, 0.2) is 9.84 Å². The molecule has 0 aromatic heterocycles. The lowest BCUT2D eigenvalue weighted by Crippen LogP contribution is -1.97. The van der Waals surface area contributed by atoms with E-state index in [1.807, 2.05) is 0 Å². The molecule has 0 saturated heterocycles. The molecule has 0 unspecified atom stereocenters. The first kappa shape index (κ1) is 9.35. The maximum atomic E-state index is 11.0. The van der Waals surface area contributed by atoms with Gasteiger partial charge in [0.1, 0.15) is 10.8 Å². The molecule has 1 aromatic rings. The summed E-state index contributed by atoms with van der Waals surface area (Å²) in [6, 6.07) is 4.10. The fourth-order valence-electron chi connectivity index (χ4n) is 0.786. The molecule has 0 heterocycles. The van der Waals surface area contributed by atoms with Crippen LogP contribution in [0.25, 0.3) is 0 Å². The van der Waals surface area contributed by atoms with Crippen LogP contribution < -0.4 is 0 Å². The van der Waals surface area contributed by atoms with Gasteiger partial charge in [0.05, 0.1) is 4.90 Å². The van der Waals surface area contributed by atoms with Crippen LogP contribution in [0.4, 0.5) is 0 Å². The van der Waals surface area contributed by atoms with Gasteiger partial charge in [-0.1, -0.05) is 17.7 Å². The van der Waals surface area contributed by atoms with Crippen LogP contribution >= 0.6 is 11.6 Å². The molecule has 3 nitrogen and oxygen atoms in total. The van der Waals surface area contributed by atoms with Crippen molar-refractivity contribution < 1.29 is 13.5 Å². The zero-order valence-corrected chi connectivity index (χ0v) is 7.85. The number of halogens is 1. The van der Waals surface area contributed by atoms with E-state index in [9.17, 15) is 8.42 Å². The fourth-order valence-corrected chi connectivity index (χ4v) is 2.09. The van der Waals surface area contributed by atoms with Crippen LogP contribution in [0.2, 0.25) is 5.02 Å². The first-order chi connectivity index (χ1) is 5.43. The van der Waals surface area contributed by atoms with E-state index in [-0.39, 0.29) is 15.7 Å². The van der Waals surface area contributed by atoms with Crippen molar-refractivity contribution in [3.8, 4) is 5.75 Å². The zero-order chi connectivity index (χ0) is 9.35. The van der Waals surface area contributed by atoms with Crippen molar-refractivity contribution in [2.24, 2.45) is 0 Å². The van der Waals surface area contributed by atoms with E-state index in [0.29, 0.717) is 0 Å². The molecule has 0 bridgehead atoms. The van der Waals surface area contributed by atoms with Crippen molar-refractivity contribution in [1.29, 1.82) is 0 Å². The lowest BCUT2D eigenvalue weighted by Gasteiger charge is -2.01. The van der Waals surface area contributed by atoms with Gasteiger partial charge in [-0.2, -0.15) is 0 Å². The van der Waals surface area contributed by atoms with E-state index in [4.69, 9.17) is 16.7 Å². The standard InChI is InChI=1S/C7H7ClO3S/c1-12(10,11)6-4-2-3-5(9)7(6)8/h2-4,9H,1H3. The number of phenolic OH excluding ortho intramolecular Hbond substituents is 1. The predicted octanol–water partition coefficient (Wildman–Crippen LogP) is 1.45. The van der Waals surface area contributed by atoms with E-state index in [0.717, 1.165) is 6.26 Å². The number of hydrogen-bond donors (Lipinski definition) is 1. The van der Waals surface area contributed by atoms with Gasteiger partial charge in [-0.05, 0) is 12.1 Å². The van der Waals surface area contributed by atoms with Gasteiger partial charge < -0.3 is 5.11 Å². The summed E-state index contributed by atoms with van der Waals surface area (Å²) in [5.41, 5.74) is 0. The smallest absolute Gasteiger partial charge is 0.177 e. The van der Waals surface area contributed by atoms with Crippen molar-refractivity contribution in [2.45, 2.75) is 4.90 Å². The Morgan fingerprint density at radius 2 is 2.00 bits per heavy atom. The highest BCUT2D eigenvalue weighted by molar-refractivity contribution is 7.90. The van der Waals surface area contributed by atoms with Gasteiger partial charge in [0, 0.05) is 6.26 Å². The minimum absolute atomic E-state index is 0.0517. The average molecular weight is 207 g/mol. The van der Waals surface area contributed by atoms with E-state index in [1.165, 1.54) is 18.2 Å². The van der Waals surface area contributed by atoms with Crippen molar-refractivity contribution >= 4 is 21.4 Å². The van der Waals surface area contributed by atoms with Gasteiger partial charge in [-0.25, -0.2) is 8.42 Å². The van der Waals surface area contributed by atoms with Crippen LogP contribution in [-0.2, 0) is 9.84 Å². The first-order valence-electron chi connectivity index (χ1n) is 3.10. The van der Waals surface area contributed by atoms with Crippen LogP contribution in [0.15, 0.2) is 23.1 Å². The minimum Gasteiger partial charge on any atom is -0.506 e. The lowest BCUT2D eigenvalue weighted by atomic mass is 10.3. The number of rotatable bonds is 1. The van der Waals surface area contributed by atoms with Crippen LogP contribution in [0, 0.1) is 0 Å². The Morgan fingerprint density at radius 1 is 1.42 bits per heavy atom. The summed E-state index contributed by atoms with van der Waals surface area (Å²) in [7, 11) is -3.35. The maximum absolute atomic E-state index is 11.0. The van der Waals surface area contributed by atoms with Crippen LogP contribution in [0.1, 0.15) is 0 Å². The third-order valence-electron chi connectivity index (χ3n) is 1.34. The first-order valence-corrected chi connectivity index (χ1v) is 5.37. The fraction of sp³-hybridized carbons (Fsp3) is 0.143. The zero-order valence-electron chi connectivity index (χ0n) is 6.28. The molecule has 0 atom stereocenters. The predicted molar refractivity (Wildman–Crippen MR) is 46.2 cm³/mol. The molecule has 1 aromatic carbocycles. The second-order valence-corrected chi connectivity index (χ2v) is 4.72. The van der Waals surface area contributed by atoms with Gasteiger partial charge in [0.2, 0.25) is 0 Å². The molecule has 1 N–H and O–H groups in total. The van der Waals surface area contributed by atoms with Gasteiger partial charge in [0.25, 0.3) is 0 Å². The van der Waals surface area contributed by atoms with Crippen LogP contribution in [0.3, 0.4) is 0 Å². The number of aromatic hydroxyl groups is 1. The largest absolute Gasteiger partial charge is 0.506 e. The summed E-state index contributed by atoms with van der Waals surface area (Å²) < 4.78 is 22.0. The highest BCUT2D eigenvalue weighted by Crippen LogP contribution is 2.29. The summed E-state index contributed by atoms with van der Waals surface area (Å²) in [5, 5.41) is 8.94.